The van der Waals surface area contributed by atoms with Gasteiger partial charge in [0.05, 0.1) is 12.6 Å². The van der Waals surface area contributed by atoms with Crippen LogP contribution in [0.2, 0.25) is 5.02 Å². The Hall–Kier alpha value is -4.54. The Balaban J connectivity index is 1.69. The maximum Gasteiger partial charge on any atom is 0.155 e. The predicted octanol–water partition coefficient (Wildman–Crippen LogP) is 8.25. The molecule has 0 aliphatic carbocycles. The van der Waals surface area contributed by atoms with Crippen LogP contribution in [0.15, 0.2) is 127 Å². The highest BCUT2D eigenvalue weighted by atomic mass is 35.5. The minimum Gasteiger partial charge on any atom is -0.497 e. The van der Waals surface area contributed by atoms with E-state index in [-0.39, 0.29) is 0 Å². The van der Waals surface area contributed by atoms with E-state index in [1.54, 1.807) is 7.11 Å². The van der Waals surface area contributed by atoms with Crippen LogP contribution in [0.3, 0.4) is 0 Å². The van der Waals surface area contributed by atoms with Crippen LogP contribution in [0.1, 0.15) is 16.7 Å². The van der Waals surface area contributed by atoms with Gasteiger partial charge in [0.15, 0.2) is 5.82 Å². The van der Waals surface area contributed by atoms with Crippen molar-refractivity contribution in [2.75, 3.05) is 19.5 Å². The molecule has 6 rings (SSSR count). The summed E-state index contributed by atoms with van der Waals surface area (Å²) >= 11 is 6.64. The molecule has 0 spiro atoms. The Bertz CT molecular complexity index is 1630. The van der Waals surface area contributed by atoms with E-state index in [1.165, 1.54) is 0 Å². The van der Waals surface area contributed by atoms with Crippen molar-refractivity contribution in [1.29, 1.82) is 0 Å². The summed E-state index contributed by atoms with van der Waals surface area (Å²) in [6.45, 7) is 0. The van der Waals surface area contributed by atoms with Gasteiger partial charge in [-0.1, -0.05) is 109 Å². The molecule has 1 N–H and O–H groups in total. The van der Waals surface area contributed by atoms with Gasteiger partial charge in [-0.3, -0.25) is 0 Å². The van der Waals surface area contributed by atoms with Crippen LogP contribution in [0.25, 0.3) is 22.0 Å². The largest absolute Gasteiger partial charge is 0.497 e. The van der Waals surface area contributed by atoms with Gasteiger partial charge >= 0.3 is 0 Å². The van der Waals surface area contributed by atoms with E-state index in [0.717, 1.165) is 50.3 Å². The number of methoxy groups -OCH3 is 1. The van der Waals surface area contributed by atoms with E-state index in [9.17, 15) is 0 Å². The van der Waals surface area contributed by atoms with Crippen molar-refractivity contribution in [2.24, 2.45) is 0 Å². The van der Waals surface area contributed by atoms with Gasteiger partial charge in [-0.25, -0.2) is 4.68 Å². The summed E-state index contributed by atoms with van der Waals surface area (Å²) in [5.74, 6) is 1.55. The van der Waals surface area contributed by atoms with Crippen LogP contribution in [-0.2, 0) is 5.54 Å². The van der Waals surface area contributed by atoms with Crippen molar-refractivity contribution in [3.8, 4) is 16.9 Å². The Morgan fingerprint density at radius 1 is 0.718 bits per heavy atom. The summed E-state index contributed by atoms with van der Waals surface area (Å²) < 4.78 is 7.63. The number of ether oxygens (including phenoxy) is 1. The monoisotopic (exact) mass is 529 g/mol. The van der Waals surface area contributed by atoms with Crippen LogP contribution in [0.4, 0.5) is 5.82 Å². The van der Waals surface area contributed by atoms with Crippen molar-refractivity contribution >= 4 is 28.3 Å². The van der Waals surface area contributed by atoms with Gasteiger partial charge in [-0.05, 0) is 52.6 Å². The molecular formula is C34H28ClN3O. The number of hydrogen-bond donors (Lipinski definition) is 1. The fourth-order valence-corrected chi connectivity index (χ4v) is 5.71. The number of hydrogen-bond acceptors (Lipinski definition) is 3. The number of nitrogens with zero attached hydrogens (tertiary/aromatic N) is 2. The third-order valence-corrected chi connectivity index (χ3v) is 7.62. The van der Waals surface area contributed by atoms with Crippen LogP contribution in [-0.4, -0.2) is 23.9 Å². The summed E-state index contributed by atoms with van der Waals surface area (Å²) in [5, 5.41) is 10.3. The minimum atomic E-state index is -0.716. The van der Waals surface area contributed by atoms with Gasteiger partial charge in [-0.15, -0.1) is 0 Å². The standard InChI is InChI=1S/C34H28ClN3O/c1-36-33-30-22-24(29-23-28(39-2)19-20-31(29)35)18-21-32(30)38(37-33)34(25-12-6-3-7-13-25,26-14-8-4-9-15-26)27-16-10-5-11-17-27/h3-23H,1-2H3,(H,36,37). The van der Waals surface area contributed by atoms with E-state index in [1.807, 2.05) is 25.2 Å². The maximum absolute atomic E-state index is 6.64. The molecule has 6 aromatic rings. The van der Waals surface area contributed by atoms with Gasteiger partial charge in [0, 0.05) is 23.0 Å². The molecule has 0 atom stereocenters. The lowest BCUT2D eigenvalue weighted by Gasteiger charge is -2.37. The van der Waals surface area contributed by atoms with Gasteiger partial charge in [-0.2, -0.15) is 5.10 Å². The molecule has 4 nitrogen and oxygen atoms in total. The molecule has 39 heavy (non-hydrogen) atoms. The van der Waals surface area contributed by atoms with Crippen molar-refractivity contribution in [3.05, 3.63) is 149 Å². The first-order chi connectivity index (χ1) is 19.2. The highest BCUT2D eigenvalue weighted by Gasteiger charge is 2.40. The lowest BCUT2D eigenvalue weighted by Crippen LogP contribution is -2.38. The minimum absolute atomic E-state index is 0.667. The molecule has 0 bridgehead atoms. The molecule has 1 heterocycles. The Labute approximate surface area is 233 Å². The van der Waals surface area contributed by atoms with E-state index in [0.29, 0.717) is 5.02 Å². The van der Waals surface area contributed by atoms with Crippen LogP contribution >= 0.6 is 11.6 Å². The van der Waals surface area contributed by atoms with E-state index >= 15 is 0 Å². The second-order valence-electron chi connectivity index (χ2n) is 9.40. The molecule has 0 amide bonds. The number of benzene rings is 5. The number of rotatable bonds is 7. The quantitative estimate of drug-likeness (QED) is 0.212. The normalized spacial score (nSPS) is 11.5. The Morgan fingerprint density at radius 3 is 1.79 bits per heavy atom. The van der Waals surface area contributed by atoms with Gasteiger partial charge in [0.25, 0.3) is 0 Å². The van der Waals surface area contributed by atoms with Gasteiger partial charge in [0.1, 0.15) is 11.3 Å². The van der Waals surface area contributed by atoms with Crippen LogP contribution in [0.5, 0.6) is 5.75 Å². The molecule has 0 radical (unpaired) electrons. The number of anilines is 1. The molecule has 0 fully saturated rings. The second kappa shape index (κ2) is 10.3. The van der Waals surface area contributed by atoms with Crippen molar-refractivity contribution in [3.63, 3.8) is 0 Å². The third kappa shape index (κ3) is 4.14. The van der Waals surface area contributed by atoms with Crippen molar-refractivity contribution < 1.29 is 4.74 Å². The summed E-state index contributed by atoms with van der Waals surface area (Å²) in [6, 6.07) is 43.8. The summed E-state index contributed by atoms with van der Waals surface area (Å²) in [4.78, 5) is 0. The fraction of sp³-hybridized carbons (Fsp3) is 0.0882. The zero-order valence-corrected chi connectivity index (χ0v) is 22.6. The van der Waals surface area contributed by atoms with Crippen molar-refractivity contribution in [1.82, 2.24) is 9.78 Å². The maximum atomic E-state index is 6.64. The fourth-order valence-electron chi connectivity index (χ4n) is 5.48. The average Bonchev–Trinajstić information content (AvgIpc) is 3.38. The lowest BCUT2D eigenvalue weighted by molar-refractivity contribution is 0.415. The molecule has 192 valence electrons. The molecule has 1 aromatic heterocycles. The van der Waals surface area contributed by atoms with Gasteiger partial charge < -0.3 is 10.1 Å². The molecule has 0 aliphatic rings. The number of aromatic nitrogens is 2. The smallest absolute Gasteiger partial charge is 0.155 e. The Morgan fingerprint density at radius 2 is 1.28 bits per heavy atom. The zero-order chi connectivity index (χ0) is 26.8. The lowest BCUT2D eigenvalue weighted by atomic mass is 9.77. The summed E-state index contributed by atoms with van der Waals surface area (Å²) in [6.07, 6.45) is 0. The number of nitrogens with one attached hydrogen (secondary N) is 1. The number of halogens is 1. The van der Waals surface area contributed by atoms with Crippen LogP contribution < -0.4 is 10.1 Å². The van der Waals surface area contributed by atoms with Crippen LogP contribution in [0, 0.1) is 0 Å². The summed E-state index contributed by atoms with van der Waals surface area (Å²) in [7, 11) is 3.57. The van der Waals surface area contributed by atoms with Crippen molar-refractivity contribution in [2.45, 2.75) is 5.54 Å². The average molecular weight is 530 g/mol. The van der Waals surface area contributed by atoms with E-state index < -0.39 is 5.54 Å². The highest BCUT2D eigenvalue weighted by Crippen LogP contribution is 2.44. The summed E-state index contributed by atoms with van der Waals surface area (Å²) in [5.41, 5.74) is 5.55. The second-order valence-corrected chi connectivity index (χ2v) is 9.80. The zero-order valence-electron chi connectivity index (χ0n) is 21.8. The van der Waals surface area contributed by atoms with E-state index in [2.05, 4.69) is 119 Å². The first-order valence-corrected chi connectivity index (χ1v) is 13.3. The first-order valence-electron chi connectivity index (χ1n) is 12.9. The SMILES string of the molecule is CNc1nn(C(c2ccccc2)(c2ccccc2)c2ccccc2)c2ccc(-c3cc(OC)ccc3Cl)cc12. The topological polar surface area (TPSA) is 39.1 Å². The third-order valence-electron chi connectivity index (χ3n) is 7.29. The van der Waals surface area contributed by atoms with Gasteiger partial charge in [0.2, 0.25) is 0 Å². The molecular weight excluding hydrogens is 502 g/mol. The first kappa shape index (κ1) is 24.8. The number of fused-ring (bicyclic) bond motifs is 1. The molecule has 5 heteroatoms. The Kier molecular flexibility index (Phi) is 6.55. The molecule has 5 aromatic carbocycles. The van der Waals surface area contributed by atoms with E-state index in [4.69, 9.17) is 21.4 Å². The molecule has 0 saturated carbocycles. The molecule has 0 aliphatic heterocycles. The highest BCUT2D eigenvalue weighted by molar-refractivity contribution is 6.33. The molecule has 0 unspecified atom stereocenters. The predicted molar refractivity (Wildman–Crippen MR) is 161 cm³/mol. The molecule has 0 saturated heterocycles.